The molecule has 0 bridgehead atoms. The maximum absolute atomic E-state index is 10.5. The van der Waals surface area contributed by atoms with E-state index >= 15 is 0 Å². The van der Waals surface area contributed by atoms with Gasteiger partial charge in [0.25, 0.3) is 0 Å². The smallest absolute Gasteiger partial charge is 0.404 e. The average molecular weight is 239 g/mol. The minimum Gasteiger partial charge on any atom is -0.404 e. The Labute approximate surface area is 99.7 Å². The lowest BCUT2D eigenvalue weighted by Crippen LogP contribution is -2.43. The number of hydrogen-bond donors (Lipinski definition) is 1. The van der Waals surface area contributed by atoms with E-state index < -0.39 is 4.92 Å². The number of nitrogens with one attached hydrogen (secondary N) is 1. The number of nitrogens with zero attached hydrogens (tertiary/aromatic N) is 2. The molecule has 6 nitrogen and oxygen atoms in total. The molecule has 1 N–H and O–H groups in total. The number of likely N-dealkylation sites (N-methyl/N-ethyl adjacent to an activating group) is 1. The summed E-state index contributed by atoms with van der Waals surface area (Å²) in [5, 5.41) is 13.8. The van der Waals surface area contributed by atoms with Gasteiger partial charge in [0.05, 0.1) is 12.6 Å². The Morgan fingerprint density at radius 1 is 1.65 bits per heavy atom. The molecule has 0 amide bonds. The summed E-state index contributed by atoms with van der Waals surface area (Å²) in [7, 11) is 1.96. The third-order valence-electron chi connectivity index (χ3n) is 3.12. The molecule has 1 fully saturated rings. The van der Waals surface area contributed by atoms with Crippen LogP contribution in [0, 0.1) is 10.1 Å². The molecule has 1 unspecified atom stereocenters. The van der Waals surface area contributed by atoms with Crippen molar-refractivity contribution < 1.29 is 9.34 Å². The third-order valence-corrected chi connectivity index (χ3v) is 3.12. The second-order valence-electron chi connectivity index (χ2n) is 4.36. The first kappa shape index (κ1) is 12.1. The summed E-state index contributed by atoms with van der Waals surface area (Å²) in [4.78, 5) is 12.2. The summed E-state index contributed by atoms with van der Waals surface area (Å²) in [5.74, 6) is 0.482. The van der Waals surface area contributed by atoms with Crippen LogP contribution in [0.25, 0.3) is 0 Å². The van der Waals surface area contributed by atoms with E-state index in [-0.39, 0.29) is 5.88 Å². The minimum absolute atomic E-state index is 0.179. The van der Waals surface area contributed by atoms with Gasteiger partial charge in [-0.2, -0.15) is 0 Å². The Balaban J connectivity index is 1.93. The number of furan rings is 1. The standard InChI is InChI=1S/C11H17N3O3/c1-12-9-3-2-6-13(7-9)8-10-4-5-11(17-10)14(15)16/h4-5,9,12H,2-3,6-8H2,1H3. The van der Waals surface area contributed by atoms with Crippen LogP contribution < -0.4 is 5.32 Å². The highest BCUT2D eigenvalue weighted by atomic mass is 16.6. The predicted molar refractivity (Wildman–Crippen MR) is 62.7 cm³/mol. The van der Waals surface area contributed by atoms with Crippen molar-refractivity contribution in [2.24, 2.45) is 0 Å². The lowest BCUT2D eigenvalue weighted by atomic mass is 10.1. The second-order valence-corrected chi connectivity index (χ2v) is 4.36. The molecule has 2 rings (SSSR count). The van der Waals surface area contributed by atoms with Crippen LogP contribution in [-0.4, -0.2) is 36.0 Å². The Hall–Kier alpha value is -1.40. The molecule has 1 atom stereocenters. The van der Waals surface area contributed by atoms with Crippen molar-refractivity contribution in [2.45, 2.75) is 25.4 Å². The van der Waals surface area contributed by atoms with Gasteiger partial charge in [-0.3, -0.25) is 15.0 Å². The lowest BCUT2D eigenvalue weighted by Gasteiger charge is -2.31. The van der Waals surface area contributed by atoms with Gasteiger partial charge < -0.3 is 9.73 Å². The number of rotatable bonds is 4. The molecule has 0 spiro atoms. The van der Waals surface area contributed by atoms with E-state index in [2.05, 4.69) is 10.2 Å². The summed E-state index contributed by atoms with van der Waals surface area (Å²) in [6.45, 7) is 2.63. The average Bonchev–Trinajstić information content (AvgIpc) is 2.78. The van der Waals surface area contributed by atoms with Crippen LogP contribution in [0.4, 0.5) is 5.88 Å². The topological polar surface area (TPSA) is 71.5 Å². The van der Waals surface area contributed by atoms with Crippen molar-refractivity contribution in [3.8, 4) is 0 Å². The van der Waals surface area contributed by atoms with Crippen molar-refractivity contribution in [1.82, 2.24) is 10.2 Å². The van der Waals surface area contributed by atoms with Crippen LogP contribution >= 0.6 is 0 Å². The molecular weight excluding hydrogens is 222 g/mol. The normalized spacial score (nSPS) is 21.6. The summed E-state index contributed by atoms with van der Waals surface area (Å²) in [5.41, 5.74) is 0. The molecule has 0 radical (unpaired) electrons. The fourth-order valence-electron chi connectivity index (χ4n) is 2.20. The van der Waals surface area contributed by atoms with Gasteiger partial charge in [-0.1, -0.05) is 0 Å². The molecular formula is C11H17N3O3. The van der Waals surface area contributed by atoms with Crippen LogP contribution in [0.5, 0.6) is 0 Å². The SMILES string of the molecule is CNC1CCCN(Cc2ccc([N+](=O)[O-])o2)C1. The highest BCUT2D eigenvalue weighted by Gasteiger charge is 2.20. The van der Waals surface area contributed by atoms with Gasteiger partial charge in [0, 0.05) is 12.6 Å². The van der Waals surface area contributed by atoms with Crippen LogP contribution in [0.1, 0.15) is 18.6 Å². The molecule has 0 aliphatic carbocycles. The van der Waals surface area contributed by atoms with Gasteiger partial charge in [-0.15, -0.1) is 0 Å². The highest BCUT2D eigenvalue weighted by Crippen LogP contribution is 2.19. The van der Waals surface area contributed by atoms with Crippen LogP contribution in [0.2, 0.25) is 0 Å². The van der Waals surface area contributed by atoms with Gasteiger partial charge >= 0.3 is 5.88 Å². The number of likely N-dealkylation sites (tertiary alicyclic amines) is 1. The first-order chi connectivity index (χ1) is 8.19. The molecule has 1 aromatic rings. The van der Waals surface area contributed by atoms with E-state index in [9.17, 15) is 10.1 Å². The Bertz CT molecular complexity index is 391. The zero-order chi connectivity index (χ0) is 12.3. The van der Waals surface area contributed by atoms with Crippen molar-refractivity contribution in [2.75, 3.05) is 20.1 Å². The molecule has 0 aromatic carbocycles. The molecule has 6 heteroatoms. The molecule has 1 aliphatic rings. The molecule has 1 saturated heterocycles. The summed E-state index contributed by atoms with van der Waals surface area (Å²) in [6.07, 6.45) is 2.33. The fraction of sp³-hybridized carbons (Fsp3) is 0.636. The summed E-state index contributed by atoms with van der Waals surface area (Å²) >= 11 is 0. The number of hydrogen-bond acceptors (Lipinski definition) is 5. The first-order valence-electron chi connectivity index (χ1n) is 5.82. The highest BCUT2D eigenvalue weighted by molar-refractivity contribution is 5.17. The summed E-state index contributed by atoms with van der Waals surface area (Å²) < 4.78 is 5.16. The Morgan fingerprint density at radius 2 is 2.47 bits per heavy atom. The Morgan fingerprint density at radius 3 is 3.12 bits per heavy atom. The maximum Gasteiger partial charge on any atom is 0.433 e. The minimum atomic E-state index is -0.504. The van der Waals surface area contributed by atoms with Gasteiger partial charge in [0.2, 0.25) is 0 Å². The van der Waals surface area contributed by atoms with E-state index in [0.717, 1.165) is 19.5 Å². The molecule has 17 heavy (non-hydrogen) atoms. The fourth-order valence-corrected chi connectivity index (χ4v) is 2.20. The van der Waals surface area contributed by atoms with Gasteiger partial charge in [-0.25, -0.2) is 0 Å². The maximum atomic E-state index is 10.5. The molecule has 2 heterocycles. The monoisotopic (exact) mass is 239 g/mol. The van der Waals surface area contributed by atoms with Crippen molar-refractivity contribution in [3.05, 3.63) is 28.0 Å². The second kappa shape index (κ2) is 5.29. The van der Waals surface area contributed by atoms with Crippen molar-refractivity contribution in [3.63, 3.8) is 0 Å². The van der Waals surface area contributed by atoms with E-state index in [1.807, 2.05) is 7.05 Å². The predicted octanol–water partition coefficient (Wildman–Crippen LogP) is 1.37. The molecule has 1 aliphatic heterocycles. The van der Waals surface area contributed by atoms with E-state index in [0.29, 0.717) is 18.3 Å². The zero-order valence-corrected chi connectivity index (χ0v) is 9.89. The number of piperidine rings is 1. The van der Waals surface area contributed by atoms with E-state index in [1.54, 1.807) is 6.07 Å². The van der Waals surface area contributed by atoms with Crippen LogP contribution in [0.15, 0.2) is 16.5 Å². The van der Waals surface area contributed by atoms with Crippen molar-refractivity contribution >= 4 is 5.88 Å². The van der Waals surface area contributed by atoms with E-state index in [4.69, 9.17) is 4.42 Å². The zero-order valence-electron chi connectivity index (χ0n) is 9.89. The molecule has 94 valence electrons. The Kier molecular flexibility index (Phi) is 3.75. The first-order valence-corrected chi connectivity index (χ1v) is 5.82. The molecule has 0 saturated carbocycles. The largest absolute Gasteiger partial charge is 0.433 e. The third kappa shape index (κ3) is 3.04. The summed E-state index contributed by atoms with van der Waals surface area (Å²) in [6, 6.07) is 3.60. The van der Waals surface area contributed by atoms with Gasteiger partial charge in [0.1, 0.15) is 10.7 Å². The lowest BCUT2D eigenvalue weighted by molar-refractivity contribution is -0.402. The quantitative estimate of drug-likeness (QED) is 0.634. The van der Waals surface area contributed by atoms with E-state index in [1.165, 1.54) is 12.5 Å². The van der Waals surface area contributed by atoms with Crippen LogP contribution in [0.3, 0.4) is 0 Å². The van der Waals surface area contributed by atoms with Gasteiger partial charge in [0.15, 0.2) is 0 Å². The van der Waals surface area contributed by atoms with Crippen LogP contribution in [-0.2, 0) is 6.54 Å². The van der Waals surface area contributed by atoms with Gasteiger partial charge in [-0.05, 0) is 32.5 Å². The van der Waals surface area contributed by atoms with Crippen molar-refractivity contribution in [1.29, 1.82) is 0 Å². The number of nitro groups is 1. The molecule has 1 aromatic heterocycles.